The van der Waals surface area contributed by atoms with E-state index < -0.39 is 0 Å². The number of aromatic nitrogens is 2. The van der Waals surface area contributed by atoms with E-state index in [1.54, 1.807) is 0 Å². The number of likely N-dealkylation sites (tertiary alicyclic amines) is 1. The minimum Gasteiger partial charge on any atom is -0.368 e. The van der Waals surface area contributed by atoms with Crippen LogP contribution in [0.25, 0.3) is 22.4 Å². The molecule has 6 heteroatoms. The van der Waals surface area contributed by atoms with Gasteiger partial charge in [-0.15, -0.1) is 0 Å². The third-order valence-corrected chi connectivity index (χ3v) is 7.03. The van der Waals surface area contributed by atoms with Crippen LogP contribution in [0.15, 0.2) is 54.7 Å². The highest BCUT2D eigenvalue weighted by atomic mass is 16.1. The molecule has 4 N–H and O–H groups in total. The molecule has 2 saturated heterocycles. The second-order valence-corrected chi connectivity index (χ2v) is 9.00. The highest BCUT2D eigenvalue weighted by molar-refractivity contribution is 5.80. The van der Waals surface area contributed by atoms with E-state index in [-0.39, 0.29) is 18.0 Å². The zero-order valence-electron chi connectivity index (χ0n) is 18.6. The molecular formula is C26H31N5O. The summed E-state index contributed by atoms with van der Waals surface area (Å²) >= 11 is 0. The Morgan fingerprint density at radius 1 is 1.03 bits per heavy atom. The number of amides is 1. The van der Waals surface area contributed by atoms with E-state index in [1.165, 1.54) is 23.1 Å². The summed E-state index contributed by atoms with van der Waals surface area (Å²) in [6.45, 7) is 4.14. The fourth-order valence-electron chi connectivity index (χ4n) is 5.12. The molecule has 3 heterocycles. The summed E-state index contributed by atoms with van der Waals surface area (Å²) in [5.74, 6) is 0.817. The molecule has 166 valence electrons. The van der Waals surface area contributed by atoms with E-state index in [0.29, 0.717) is 6.04 Å². The Morgan fingerprint density at radius 3 is 2.38 bits per heavy atom. The summed E-state index contributed by atoms with van der Waals surface area (Å²) in [7, 11) is 0. The summed E-state index contributed by atoms with van der Waals surface area (Å²) in [5, 5.41) is 3.49. The quantitative estimate of drug-likeness (QED) is 0.549. The highest BCUT2D eigenvalue weighted by Gasteiger charge is 2.32. The Labute approximate surface area is 189 Å². The third kappa shape index (κ3) is 4.08. The largest absolute Gasteiger partial charge is 0.368 e. The number of benzene rings is 2. The van der Waals surface area contributed by atoms with Crippen molar-refractivity contribution < 1.29 is 4.79 Å². The first kappa shape index (κ1) is 20.9. The van der Waals surface area contributed by atoms with Gasteiger partial charge in [0, 0.05) is 6.04 Å². The van der Waals surface area contributed by atoms with Gasteiger partial charge in [0.05, 0.1) is 24.0 Å². The van der Waals surface area contributed by atoms with Gasteiger partial charge in [-0.05, 0) is 68.0 Å². The van der Waals surface area contributed by atoms with Crippen LogP contribution in [0.1, 0.15) is 56.1 Å². The normalized spacial score (nSPS) is 22.3. The van der Waals surface area contributed by atoms with Crippen LogP contribution in [0, 0.1) is 0 Å². The average molecular weight is 430 g/mol. The Bertz CT molecular complexity index is 1070. The topological polar surface area (TPSA) is 87.0 Å². The first-order valence-corrected chi connectivity index (χ1v) is 11.6. The molecule has 5 rings (SSSR count). The Morgan fingerprint density at radius 2 is 1.72 bits per heavy atom. The van der Waals surface area contributed by atoms with Crippen molar-refractivity contribution in [1.82, 2.24) is 20.2 Å². The van der Waals surface area contributed by atoms with Crippen molar-refractivity contribution in [3.8, 4) is 22.4 Å². The maximum Gasteiger partial charge on any atom is 0.234 e. The van der Waals surface area contributed by atoms with E-state index in [1.807, 2.05) is 6.20 Å². The lowest BCUT2D eigenvalue weighted by Gasteiger charge is -2.29. The Kier molecular flexibility index (Phi) is 5.81. The molecule has 3 atom stereocenters. The summed E-state index contributed by atoms with van der Waals surface area (Å²) < 4.78 is 0. The number of hydrogen-bond donors (Lipinski definition) is 3. The van der Waals surface area contributed by atoms with Gasteiger partial charge < -0.3 is 16.0 Å². The third-order valence-electron chi connectivity index (χ3n) is 7.03. The lowest BCUT2D eigenvalue weighted by molar-refractivity contribution is -0.122. The molecule has 2 aromatic carbocycles. The Balaban J connectivity index is 1.29. The second kappa shape index (κ2) is 8.88. The maximum absolute atomic E-state index is 11.8. The van der Waals surface area contributed by atoms with Gasteiger partial charge >= 0.3 is 0 Å². The first-order valence-electron chi connectivity index (χ1n) is 11.6. The van der Waals surface area contributed by atoms with Gasteiger partial charge in [-0.25, -0.2) is 4.98 Å². The number of aromatic amines is 1. The number of nitrogens with one attached hydrogen (secondary N) is 2. The van der Waals surface area contributed by atoms with Crippen molar-refractivity contribution >= 4 is 5.91 Å². The standard InChI is InChI=1S/C26H31N5O/c1-17(31-15-3-5-24(31)25(27)32)18-6-8-19(9-7-18)20-10-12-21(13-11-20)23-16-29-26(30-23)22-4-2-14-28-22/h6-13,16-17,22,24,28H,2-5,14-15H2,1H3,(H2,27,32)(H,29,30)/t17?,22-,24-/m0/s1. The van der Waals surface area contributed by atoms with Gasteiger partial charge in [0.15, 0.2) is 0 Å². The molecule has 1 unspecified atom stereocenters. The molecule has 0 saturated carbocycles. The van der Waals surface area contributed by atoms with Gasteiger partial charge in [0.1, 0.15) is 5.82 Å². The van der Waals surface area contributed by atoms with Crippen LogP contribution in [-0.4, -0.2) is 39.9 Å². The van der Waals surface area contributed by atoms with Crippen molar-refractivity contribution in [3.05, 3.63) is 66.1 Å². The molecule has 0 aliphatic carbocycles. The zero-order chi connectivity index (χ0) is 22.1. The monoisotopic (exact) mass is 429 g/mol. The molecule has 3 aromatic rings. The predicted octanol–water partition coefficient (Wildman–Crippen LogP) is 4.18. The van der Waals surface area contributed by atoms with Crippen LogP contribution < -0.4 is 11.1 Å². The Hall–Kier alpha value is -2.96. The van der Waals surface area contributed by atoms with Crippen LogP contribution in [0.5, 0.6) is 0 Å². The molecule has 1 amide bonds. The molecule has 0 spiro atoms. The van der Waals surface area contributed by atoms with Crippen molar-refractivity contribution in [2.45, 2.75) is 50.7 Å². The molecule has 32 heavy (non-hydrogen) atoms. The zero-order valence-corrected chi connectivity index (χ0v) is 18.6. The van der Waals surface area contributed by atoms with E-state index >= 15 is 0 Å². The molecule has 2 fully saturated rings. The van der Waals surface area contributed by atoms with Crippen LogP contribution in [0.3, 0.4) is 0 Å². The molecule has 0 bridgehead atoms. The molecular weight excluding hydrogens is 398 g/mol. The molecule has 2 aliphatic heterocycles. The van der Waals surface area contributed by atoms with Crippen LogP contribution in [-0.2, 0) is 4.79 Å². The van der Waals surface area contributed by atoms with Crippen LogP contribution in [0.4, 0.5) is 0 Å². The van der Waals surface area contributed by atoms with Gasteiger partial charge in [0.25, 0.3) is 0 Å². The van der Waals surface area contributed by atoms with E-state index in [4.69, 9.17) is 5.73 Å². The van der Waals surface area contributed by atoms with E-state index in [2.05, 4.69) is 75.6 Å². The number of H-pyrrole nitrogens is 1. The van der Waals surface area contributed by atoms with Gasteiger partial charge in [-0.2, -0.15) is 0 Å². The SMILES string of the molecule is CC(c1ccc(-c2ccc(-c3cnc([C@@H]4CCCN4)[nH]3)cc2)cc1)N1CCC[C@H]1C(N)=O. The van der Waals surface area contributed by atoms with E-state index in [9.17, 15) is 4.79 Å². The number of carbonyl (C=O) groups excluding carboxylic acids is 1. The summed E-state index contributed by atoms with van der Waals surface area (Å²) in [5.41, 5.74) is 11.4. The number of nitrogens with two attached hydrogens (primary N) is 1. The molecule has 6 nitrogen and oxygen atoms in total. The predicted molar refractivity (Wildman–Crippen MR) is 127 cm³/mol. The van der Waals surface area contributed by atoms with Gasteiger partial charge in [0.2, 0.25) is 5.91 Å². The van der Waals surface area contributed by atoms with Crippen molar-refractivity contribution in [3.63, 3.8) is 0 Å². The number of imidazole rings is 1. The first-order chi connectivity index (χ1) is 15.6. The summed E-state index contributed by atoms with van der Waals surface area (Å²) in [4.78, 5) is 22.0. The van der Waals surface area contributed by atoms with Crippen LogP contribution in [0.2, 0.25) is 0 Å². The minimum absolute atomic E-state index is 0.148. The molecule has 0 radical (unpaired) electrons. The highest BCUT2D eigenvalue weighted by Crippen LogP contribution is 2.31. The van der Waals surface area contributed by atoms with Crippen LogP contribution >= 0.6 is 0 Å². The number of primary amides is 1. The smallest absolute Gasteiger partial charge is 0.234 e. The average Bonchev–Trinajstić information content (AvgIpc) is 3.60. The lowest BCUT2D eigenvalue weighted by Crippen LogP contribution is -2.41. The van der Waals surface area contributed by atoms with Crippen molar-refractivity contribution in [1.29, 1.82) is 0 Å². The fourth-order valence-corrected chi connectivity index (χ4v) is 5.12. The van der Waals surface area contributed by atoms with Crippen molar-refractivity contribution in [2.24, 2.45) is 5.73 Å². The summed E-state index contributed by atoms with van der Waals surface area (Å²) in [6.07, 6.45) is 6.16. The minimum atomic E-state index is -0.213. The van der Waals surface area contributed by atoms with Crippen molar-refractivity contribution in [2.75, 3.05) is 13.1 Å². The van der Waals surface area contributed by atoms with Gasteiger partial charge in [-0.3, -0.25) is 9.69 Å². The number of nitrogens with zero attached hydrogens (tertiary/aromatic N) is 2. The second-order valence-electron chi connectivity index (χ2n) is 9.00. The molecule has 1 aromatic heterocycles. The number of rotatable bonds is 6. The summed E-state index contributed by atoms with van der Waals surface area (Å²) in [6, 6.07) is 17.6. The number of hydrogen-bond acceptors (Lipinski definition) is 4. The number of carbonyl (C=O) groups is 1. The fraction of sp³-hybridized carbons (Fsp3) is 0.385. The maximum atomic E-state index is 11.8. The lowest BCUT2D eigenvalue weighted by atomic mass is 9.99. The molecule has 2 aliphatic rings. The van der Waals surface area contributed by atoms with Gasteiger partial charge in [-0.1, -0.05) is 48.5 Å². The van der Waals surface area contributed by atoms with E-state index in [0.717, 1.165) is 49.4 Å².